The summed E-state index contributed by atoms with van der Waals surface area (Å²) in [5, 5.41) is 22.8. The first-order valence-corrected chi connectivity index (χ1v) is 5.83. The summed E-state index contributed by atoms with van der Waals surface area (Å²) in [6.07, 6.45) is 4.77. The number of anilines is 1. The van der Waals surface area contributed by atoms with Crippen molar-refractivity contribution in [3.8, 4) is 6.07 Å². The van der Waals surface area contributed by atoms with E-state index in [0.717, 1.165) is 5.69 Å². The minimum Gasteiger partial charge on any atom is -0.376 e. The Morgan fingerprint density at radius 2 is 2.25 bits per heavy atom. The van der Waals surface area contributed by atoms with Crippen molar-refractivity contribution in [3.05, 3.63) is 58.2 Å². The topological polar surface area (TPSA) is 105 Å². The van der Waals surface area contributed by atoms with Crippen LogP contribution in [0.5, 0.6) is 0 Å². The first-order chi connectivity index (χ1) is 9.61. The Hall–Kier alpha value is -3.01. The zero-order valence-electron chi connectivity index (χ0n) is 10.6. The number of aromatic nitrogens is 2. The van der Waals surface area contributed by atoms with Crippen molar-refractivity contribution in [1.82, 2.24) is 9.97 Å². The van der Waals surface area contributed by atoms with Crippen LogP contribution in [0.4, 0.5) is 11.4 Å². The zero-order chi connectivity index (χ0) is 14.5. The molecule has 0 radical (unpaired) electrons. The van der Waals surface area contributed by atoms with Crippen molar-refractivity contribution in [2.75, 3.05) is 5.32 Å². The molecule has 0 amide bonds. The molecule has 1 aromatic carbocycles. The quantitative estimate of drug-likeness (QED) is 0.675. The Kier molecular flexibility index (Phi) is 3.86. The van der Waals surface area contributed by atoms with Gasteiger partial charge in [-0.2, -0.15) is 5.26 Å². The number of nitriles is 1. The fourth-order valence-corrected chi connectivity index (χ4v) is 1.71. The van der Waals surface area contributed by atoms with Gasteiger partial charge in [-0.3, -0.25) is 20.1 Å². The number of nitrogens with zero attached hydrogens (tertiary/aromatic N) is 4. The third-order valence-electron chi connectivity index (χ3n) is 2.73. The van der Waals surface area contributed by atoms with Crippen LogP contribution in [0.25, 0.3) is 0 Å². The van der Waals surface area contributed by atoms with E-state index in [-0.39, 0.29) is 17.3 Å². The van der Waals surface area contributed by atoms with Crippen molar-refractivity contribution in [2.45, 2.75) is 13.0 Å². The number of benzene rings is 1. The van der Waals surface area contributed by atoms with Gasteiger partial charge in [0.15, 0.2) is 0 Å². The van der Waals surface area contributed by atoms with Gasteiger partial charge in [0.2, 0.25) is 0 Å². The summed E-state index contributed by atoms with van der Waals surface area (Å²) in [4.78, 5) is 18.3. The smallest absolute Gasteiger partial charge is 0.270 e. The molecular weight excluding hydrogens is 258 g/mol. The molecule has 20 heavy (non-hydrogen) atoms. The first kappa shape index (κ1) is 13.4. The van der Waals surface area contributed by atoms with Crippen LogP contribution < -0.4 is 5.32 Å². The van der Waals surface area contributed by atoms with Crippen LogP contribution in [-0.2, 0) is 0 Å². The number of rotatable bonds is 4. The van der Waals surface area contributed by atoms with E-state index in [9.17, 15) is 10.1 Å². The molecule has 100 valence electrons. The fourth-order valence-electron chi connectivity index (χ4n) is 1.71. The fraction of sp³-hybridized carbons (Fsp3) is 0.154. The third kappa shape index (κ3) is 2.87. The summed E-state index contributed by atoms with van der Waals surface area (Å²) in [6, 6.07) is 5.89. The highest BCUT2D eigenvalue weighted by molar-refractivity contribution is 5.61. The molecule has 0 spiro atoms. The van der Waals surface area contributed by atoms with Crippen molar-refractivity contribution >= 4 is 11.4 Å². The van der Waals surface area contributed by atoms with E-state index in [1.54, 1.807) is 18.6 Å². The van der Waals surface area contributed by atoms with Gasteiger partial charge in [-0.25, -0.2) is 0 Å². The molecule has 0 saturated carbocycles. The van der Waals surface area contributed by atoms with E-state index >= 15 is 0 Å². The van der Waals surface area contributed by atoms with E-state index in [1.807, 2.05) is 13.0 Å². The molecule has 7 heteroatoms. The summed E-state index contributed by atoms with van der Waals surface area (Å²) in [7, 11) is 0. The second kappa shape index (κ2) is 5.75. The van der Waals surface area contributed by atoms with Crippen LogP contribution in [0.3, 0.4) is 0 Å². The molecule has 0 aliphatic rings. The number of hydrogen-bond donors (Lipinski definition) is 1. The highest BCUT2D eigenvalue weighted by Gasteiger charge is 2.13. The molecule has 0 aliphatic carbocycles. The summed E-state index contributed by atoms with van der Waals surface area (Å²) in [6.45, 7) is 1.87. The molecule has 0 saturated heterocycles. The van der Waals surface area contributed by atoms with Crippen LogP contribution in [0.15, 0.2) is 36.8 Å². The molecule has 2 aromatic rings. The monoisotopic (exact) mass is 269 g/mol. The van der Waals surface area contributed by atoms with Crippen LogP contribution in [-0.4, -0.2) is 14.9 Å². The number of nitro groups is 1. The molecular formula is C13H11N5O2. The third-order valence-corrected chi connectivity index (χ3v) is 2.73. The summed E-state index contributed by atoms with van der Waals surface area (Å²) < 4.78 is 0. The molecule has 1 atom stereocenters. The Balaban J connectivity index is 2.26. The second-order valence-corrected chi connectivity index (χ2v) is 4.10. The Morgan fingerprint density at radius 3 is 2.85 bits per heavy atom. The molecule has 7 nitrogen and oxygen atoms in total. The average molecular weight is 269 g/mol. The molecule has 1 heterocycles. The van der Waals surface area contributed by atoms with Gasteiger partial charge >= 0.3 is 0 Å². The van der Waals surface area contributed by atoms with Crippen molar-refractivity contribution in [2.24, 2.45) is 0 Å². The number of nitro benzene ring substituents is 1. The standard InChI is InChI=1S/C13H11N5O2/c1-9(13-8-15-4-5-16-13)17-12-3-2-11(18(19)20)6-10(12)7-14/h2-6,8-9,17H,1H3. The maximum atomic E-state index is 10.7. The van der Waals surface area contributed by atoms with E-state index in [2.05, 4.69) is 15.3 Å². The molecule has 2 rings (SSSR count). The molecule has 0 aliphatic heterocycles. The van der Waals surface area contributed by atoms with E-state index in [0.29, 0.717) is 5.69 Å². The van der Waals surface area contributed by atoms with Gasteiger partial charge in [0.05, 0.1) is 34.1 Å². The lowest BCUT2D eigenvalue weighted by Crippen LogP contribution is -2.09. The van der Waals surface area contributed by atoms with E-state index in [1.165, 1.54) is 18.2 Å². The lowest BCUT2D eigenvalue weighted by molar-refractivity contribution is -0.384. The van der Waals surface area contributed by atoms with Crippen molar-refractivity contribution < 1.29 is 4.92 Å². The minimum atomic E-state index is -0.531. The highest BCUT2D eigenvalue weighted by Crippen LogP contribution is 2.24. The Bertz CT molecular complexity index is 666. The van der Waals surface area contributed by atoms with Crippen molar-refractivity contribution in [1.29, 1.82) is 5.26 Å². The van der Waals surface area contributed by atoms with Crippen LogP contribution in [0.2, 0.25) is 0 Å². The van der Waals surface area contributed by atoms with Gasteiger partial charge in [0.25, 0.3) is 5.69 Å². The number of nitrogens with one attached hydrogen (secondary N) is 1. The summed E-state index contributed by atoms with van der Waals surface area (Å²) in [5.74, 6) is 0. The minimum absolute atomic E-state index is 0.112. The Labute approximate surface area is 115 Å². The SMILES string of the molecule is CC(Nc1ccc([N+](=O)[O-])cc1C#N)c1cnccn1. The van der Waals surface area contributed by atoms with Gasteiger partial charge in [-0.15, -0.1) is 0 Å². The highest BCUT2D eigenvalue weighted by atomic mass is 16.6. The Morgan fingerprint density at radius 1 is 1.45 bits per heavy atom. The van der Waals surface area contributed by atoms with Gasteiger partial charge in [0, 0.05) is 24.5 Å². The average Bonchev–Trinajstić information content (AvgIpc) is 2.48. The lowest BCUT2D eigenvalue weighted by Gasteiger charge is -2.15. The predicted molar refractivity (Wildman–Crippen MR) is 71.9 cm³/mol. The van der Waals surface area contributed by atoms with E-state index < -0.39 is 4.92 Å². The van der Waals surface area contributed by atoms with Gasteiger partial charge in [-0.05, 0) is 13.0 Å². The van der Waals surface area contributed by atoms with Crippen LogP contribution in [0.1, 0.15) is 24.2 Å². The predicted octanol–water partition coefficient (Wildman–Crippen LogP) is 2.43. The van der Waals surface area contributed by atoms with Crippen LogP contribution in [0, 0.1) is 21.4 Å². The molecule has 1 N–H and O–H groups in total. The van der Waals surface area contributed by atoms with Gasteiger partial charge in [0.1, 0.15) is 6.07 Å². The molecule has 1 aromatic heterocycles. The first-order valence-electron chi connectivity index (χ1n) is 5.83. The molecule has 1 unspecified atom stereocenters. The maximum Gasteiger partial charge on any atom is 0.270 e. The van der Waals surface area contributed by atoms with E-state index in [4.69, 9.17) is 5.26 Å². The lowest BCUT2D eigenvalue weighted by atomic mass is 10.1. The van der Waals surface area contributed by atoms with Gasteiger partial charge < -0.3 is 5.32 Å². The van der Waals surface area contributed by atoms with Crippen LogP contribution >= 0.6 is 0 Å². The largest absolute Gasteiger partial charge is 0.376 e. The summed E-state index contributed by atoms with van der Waals surface area (Å²) >= 11 is 0. The molecule has 0 bridgehead atoms. The second-order valence-electron chi connectivity index (χ2n) is 4.10. The zero-order valence-corrected chi connectivity index (χ0v) is 10.6. The number of hydrogen-bond acceptors (Lipinski definition) is 6. The summed E-state index contributed by atoms with van der Waals surface area (Å²) in [5.41, 5.74) is 1.35. The molecule has 0 fully saturated rings. The van der Waals surface area contributed by atoms with Crippen molar-refractivity contribution in [3.63, 3.8) is 0 Å². The normalized spacial score (nSPS) is 11.4. The van der Waals surface area contributed by atoms with Gasteiger partial charge in [-0.1, -0.05) is 0 Å². The maximum absolute atomic E-state index is 10.7. The number of non-ortho nitro benzene ring substituents is 1.